The van der Waals surface area contributed by atoms with E-state index in [4.69, 9.17) is 0 Å². The largest absolute Gasteiger partial charge is 0.354 e. The van der Waals surface area contributed by atoms with Gasteiger partial charge in [-0.15, -0.1) is 34.2 Å². The standard InChI is InChI=1S/C15H28N6.HI/c1-5-12-6-8-13(9-7-12)18-15(16-3)17-10-14-20-19-11(2)21(14)4;/h12-13H,5-10H2,1-4H3,(H2,16,17,18);1H. The molecule has 0 bridgehead atoms. The van der Waals surface area contributed by atoms with Crippen molar-refractivity contribution in [2.24, 2.45) is 18.0 Å². The Morgan fingerprint density at radius 1 is 1.27 bits per heavy atom. The highest BCUT2D eigenvalue weighted by atomic mass is 127. The zero-order valence-electron chi connectivity index (χ0n) is 14.1. The van der Waals surface area contributed by atoms with Gasteiger partial charge in [0.05, 0.1) is 6.54 Å². The molecule has 1 heterocycles. The lowest BCUT2D eigenvalue weighted by Crippen LogP contribution is -2.44. The van der Waals surface area contributed by atoms with Crippen molar-refractivity contribution < 1.29 is 0 Å². The molecule has 0 amide bonds. The average molecular weight is 420 g/mol. The van der Waals surface area contributed by atoms with Gasteiger partial charge in [0.1, 0.15) is 5.82 Å². The summed E-state index contributed by atoms with van der Waals surface area (Å²) in [6.45, 7) is 4.89. The predicted octanol–water partition coefficient (Wildman–Crippen LogP) is 2.38. The molecule has 7 heteroatoms. The first kappa shape index (κ1) is 19.2. The van der Waals surface area contributed by atoms with Crippen LogP contribution in [-0.4, -0.2) is 33.8 Å². The van der Waals surface area contributed by atoms with Gasteiger partial charge in [0.15, 0.2) is 11.8 Å². The van der Waals surface area contributed by atoms with E-state index in [9.17, 15) is 0 Å². The monoisotopic (exact) mass is 420 g/mol. The minimum absolute atomic E-state index is 0. The lowest BCUT2D eigenvalue weighted by atomic mass is 9.84. The molecular formula is C15H29IN6. The molecule has 0 unspecified atom stereocenters. The Hall–Kier alpha value is -0.860. The molecule has 1 fully saturated rings. The number of halogens is 1. The van der Waals surface area contributed by atoms with Crippen LogP contribution in [0.2, 0.25) is 0 Å². The van der Waals surface area contributed by atoms with Crippen LogP contribution in [0.5, 0.6) is 0 Å². The molecule has 1 aliphatic carbocycles. The molecule has 1 aliphatic rings. The Bertz CT molecular complexity index is 476. The van der Waals surface area contributed by atoms with E-state index in [1.54, 1.807) is 0 Å². The van der Waals surface area contributed by atoms with Crippen molar-refractivity contribution in [1.82, 2.24) is 25.4 Å². The fourth-order valence-electron chi connectivity index (χ4n) is 2.87. The SMILES string of the molecule is CCC1CCC(NC(=NC)NCc2nnc(C)n2C)CC1.I. The third kappa shape index (κ3) is 5.10. The van der Waals surface area contributed by atoms with Crippen molar-refractivity contribution in [3.63, 3.8) is 0 Å². The fraction of sp³-hybridized carbons (Fsp3) is 0.800. The van der Waals surface area contributed by atoms with Crippen molar-refractivity contribution in [3.05, 3.63) is 11.6 Å². The normalized spacial score (nSPS) is 22.1. The molecule has 0 saturated heterocycles. The third-order valence-electron chi connectivity index (χ3n) is 4.59. The highest BCUT2D eigenvalue weighted by molar-refractivity contribution is 14.0. The van der Waals surface area contributed by atoms with Crippen LogP contribution in [0.1, 0.15) is 50.7 Å². The Labute approximate surface area is 150 Å². The number of aromatic nitrogens is 3. The van der Waals surface area contributed by atoms with Crippen LogP contribution in [-0.2, 0) is 13.6 Å². The maximum atomic E-state index is 4.31. The second-order valence-corrected chi connectivity index (χ2v) is 5.92. The van der Waals surface area contributed by atoms with Crippen molar-refractivity contribution in [3.8, 4) is 0 Å². The molecule has 22 heavy (non-hydrogen) atoms. The van der Waals surface area contributed by atoms with E-state index in [-0.39, 0.29) is 24.0 Å². The lowest BCUT2D eigenvalue weighted by Gasteiger charge is -2.29. The second-order valence-electron chi connectivity index (χ2n) is 5.92. The van der Waals surface area contributed by atoms with Crippen LogP contribution in [0, 0.1) is 12.8 Å². The Balaban J connectivity index is 0.00000242. The van der Waals surface area contributed by atoms with Crippen LogP contribution >= 0.6 is 24.0 Å². The molecular weight excluding hydrogens is 391 g/mol. The maximum Gasteiger partial charge on any atom is 0.191 e. The van der Waals surface area contributed by atoms with Crippen molar-refractivity contribution >= 4 is 29.9 Å². The van der Waals surface area contributed by atoms with Gasteiger partial charge in [-0.3, -0.25) is 4.99 Å². The van der Waals surface area contributed by atoms with E-state index in [0.29, 0.717) is 12.6 Å². The molecule has 0 aromatic carbocycles. The lowest BCUT2D eigenvalue weighted by molar-refractivity contribution is 0.304. The number of aryl methyl sites for hydroxylation is 1. The minimum atomic E-state index is 0. The number of hydrogen-bond donors (Lipinski definition) is 2. The van der Waals surface area contributed by atoms with Crippen LogP contribution < -0.4 is 10.6 Å². The molecule has 0 atom stereocenters. The highest BCUT2D eigenvalue weighted by Crippen LogP contribution is 2.26. The molecule has 1 saturated carbocycles. The number of aliphatic imine (C=N–C) groups is 1. The van der Waals surface area contributed by atoms with E-state index in [1.165, 1.54) is 32.1 Å². The number of guanidine groups is 1. The third-order valence-corrected chi connectivity index (χ3v) is 4.59. The number of nitrogens with zero attached hydrogens (tertiary/aromatic N) is 4. The van der Waals surface area contributed by atoms with Gasteiger partial charge in [-0.05, 0) is 38.5 Å². The molecule has 6 nitrogen and oxygen atoms in total. The molecule has 126 valence electrons. The van der Waals surface area contributed by atoms with Gasteiger partial charge in [-0.25, -0.2) is 0 Å². The van der Waals surface area contributed by atoms with Gasteiger partial charge in [0.25, 0.3) is 0 Å². The molecule has 1 aromatic heterocycles. The van der Waals surface area contributed by atoms with E-state index >= 15 is 0 Å². The molecule has 0 aliphatic heterocycles. The number of hydrogen-bond acceptors (Lipinski definition) is 3. The van der Waals surface area contributed by atoms with Gasteiger partial charge >= 0.3 is 0 Å². The quantitative estimate of drug-likeness (QED) is 0.446. The van der Waals surface area contributed by atoms with Gasteiger partial charge in [-0.2, -0.15) is 0 Å². The van der Waals surface area contributed by atoms with Crippen LogP contribution in [0.3, 0.4) is 0 Å². The smallest absolute Gasteiger partial charge is 0.191 e. The minimum Gasteiger partial charge on any atom is -0.354 e. The van der Waals surface area contributed by atoms with Crippen LogP contribution in [0.4, 0.5) is 0 Å². The van der Waals surface area contributed by atoms with E-state index in [1.807, 2.05) is 25.6 Å². The molecule has 0 radical (unpaired) electrons. The summed E-state index contributed by atoms with van der Waals surface area (Å²) in [7, 11) is 3.80. The first-order chi connectivity index (χ1) is 10.1. The topological polar surface area (TPSA) is 67.1 Å². The highest BCUT2D eigenvalue weighted by Gasteiger charge is 2.20. The van der Waals surface area contributed by atoms with E-state index in [0.717, 1.165) is 23.5 Å². The van der Waals surface area contributed by atoms with Gasteiger partial charge in [-0.1, -0.05) is 13.3 Å². The summed E-state index contributed by atoms with van der Waals surface area (Å²) in [5.41, 5.74) is 0. The Morgan fingerprint density at radius 3 is 2.45 bits per heavy atom. The number of nitrogens with one attached hydrogen (secondary N) is 2. The molecule has 2 rings (SSSR count). The van der Waals surface area contributed by atoms with Gasteiger partial charge in [0.2, 0.25) is 0 Å². The molecule has 2 N–H and O–H groups in total. The first-order valence-electron chi connectivity index (χ1n) is 7.96. The summed E-state index contributed by atoms with van der Waals surface area (Å²) in [6, 6.07) is 0.542. The zero-order chi connectivity index (χ0) is 15.2. The average Bonchev–Trinajstić information content (AvgIpc) is 2.83. The van der Waals surface area contributed by atoms with Crippen molar-refractivity contribution in [1.29, 1.82) is 0 Å². The summed E-state index contributed by atoms with van der Waals surface area (Å²) in [4.78, 5) is 4.31. The first-order valence-corrected chi connectivity index (χ1v) is 7.96. The van der Waals surface area contributed by atoms with Gasteiger partial charge < -0.3 is 15.2 Å². The van der Waals surface area contributed by atoms with Crippen LogP contribution in [0.15, 0.2) is 4.99 Å². The number of rotatable bonds is 4. The summed E-state index contributed by atoms with van der Waals surface area (Å²) in [5.74, 6) is 3.62. The predicted molar refractivity (Wildman–Crippen MR) is 101 cm³/mol. The Morgan fingerprint density at radius 2 is 1.95 bits per heavy atom. The van der Waals surface area contributed by atoms with Crippen molar-refractivity contribution in [2.75, 3.05) is 7.05 Å². The molecule has 1 aromatic rings. The molecule has 0 spiro atoms. The van der Waals surface area contributed by atoms with Crippen LogP contribution in [0.25, 0.3) is 0 Å². The Kier molecular flexibility index (Phi) is 8.13. The summed E-state index contributed by atoms with van der Waals surface area (Å²) < 4.78 is 1.99. The maximum absolute atomic E-state index is 4.31. The van der Waals surface area contributed by atoms with Crippen molar-refractivity contribution in [2.45, 2.75) is 58.5 Å². The fourth-order valence-corrected chi connectivity index (χ4v) is 2.87. The van der Waals surface area contributed by atoms with Gasteiger partial charge in [0, 0.05) is 20.1 Å². The summed E-state index contributed by atoms with van der Waals surface area (Å²) in [6.07, 6.45) is 6.44. The summed E-state index contributed by atoms with van der Waals surface area (Å²) in [5, 5.41) is 15.1. The summed E-state index contributed by atoms with van der Waals surface area (Å²) >= 11 is 0. The van der Waals surface area contributed by atoms with E-state index < -0.39 is 0 Å². The van der Waals surface area contributed by atoms with E-state index in [2.05, 4.69) is 32.7 Å². The second kappa shape index (κ2) is 9.32. The zero-order valence-corrected chi connectivity index (χ0v) is 16.4.